The topological polar surface area (TPSA) is 29.5 Å². The van der Waals surface area contributed by atoms with Crippen LogP contribution in [-0.2, 0) is 5.92 Å². The molecule has 0 bridgehead atoms. The van der Waals surface area contributed by atoms with Crippen molar-refractivity contribution in [2.45, 2.75) is 26.7 Å². The molecule has 0 fully saturated rings. The van der Waals surface area contributed by atoms with Crippen molar-refractivity contribution in [3.63, 3.8) is 0 Å². The smallest absolute Gasteiger partial charge is 0.299 e. The predicted octanol–water partition coefficient (Wildman–Crippen LogP) is 2.70. The van der Waals surface area contributed by atoms with Crippen LogP contribution in [0.25, 0.3) is 0 Å². The van der Waals surface area contributed by atoms with Crippen LogP contribution in [0.2, 0.25) is 0 Å². The zero-order valence-electron chi connectivity index (χ0n) is 9.90. The molecule has 0 spiro atoms. The van der Waals surface area contributed by atoms with Crippen LogP contribution in [0.4, 0.5) is 8.78 Å². The van der Waals surface area contributed by atoms with Crippen LogP contribution in [0.15, 0.2) is 6.07 Å². The number of aryl methyl sites for hydroxylation is 2. The number of aliphatic hydroxyl groups is 1. The molecular weight excluding hydrogens is 214 g/mol. The van der Waals surface area contributed by atoms with Crippen LogP contribution in [0.5, 0.6) is 5.75 Å². The Morgan fingerprint density at radius 1 is 1.25 bits per heavy atom. The van der Waals surface area contributed by atoms with Crippen LogP contribution in [-0.4, -0.2) is 18.8 Å². The summed E-state index contributed by atoms with van der Waals surface area (Å²) in [7, 11) is 1.36. The van der Waals surface area contributed by atoms with E-state index < -0.39 is 12.5 Å². The van der Waals surface area contributed by atoms with Gasteiger partial charge in [0.25, 0.3) is 5.92 Å². The first kappa shape index (κ1) is 12.9. The molecule has 1 aromatic rings. The minimum atomic E-state index is -3.27. The van der Waals surface area contributed by atoms with Crippen LogP contribution >= 0.6 is 0 Å². The van der Waals surface area contributed by atoms with E-state index in [-0.39, 0.29) is 11.3 Å². The third-order valence-electron chi connectivity index (χ3n) is 2.75. The molecule has 0 radical (unpaired) electrons. The van der Waals surface area contributed by atoms with Gasteiger partial charge in [-0.3, -0.25) is 0 Å². The number of halogens is 2. The first-order valence-corrected chi connectivity index (χ1v) is 4.99. The Morgan fingerprint density at radius 3 is 2.25 bits per heavy atom. The molecule has 1 rings (SSSR count). The van der Waals surface area contributed by atoms with Gasteiger partial charge in [0.15, 0.2) is 0 Å². The van der Waals surface area contributed by atoms with Crippen molar-refractivity contribution < 1.29 is 18.6 Å². The number of benzene rings is 1. The molecule has 1 N–H and O–H groups in total. The zero-order valence-corrected chi connectivity index (χ0v) is 9.90. The van der Waals surface area contributed by atoms with E-state index >= 15 is 0 Å². The van der Waals surface area contributed by atoms with E-state index in [9.17, 15) is 8.78 Å². The molecule has 0 aliphatic carbocycles. The molecule has 90 valence electrons. The fourth-order valence-electron chi connectivity index (χ4n) is 1.84. The van der Waals surface area contributed by atoms with E-state index in [0.717, 1.165) is 5.56 Å². The maximum Gasteiger partial charge on any atom is 0.299 e. The number of hydrogen-bond acceptors (Lipinski definition) is 2. The average Bonchev–Trinajstić information content (AvgIpc) is 2.22. The Morgan fingerprint density at radius 2 is 1.81 bits per heavy atom. The highest BCUT2D eigenvalue weighted by Crippen LogP contribution is 2.40. The summed E-state index contributed by atoms with van der Waals surface area (Å²) in [6, 6.07) is 1.68. The van der Waals surface area contributed by atoms with E-state index in [1.807, 2.05) is 6.92 Å². The highest BCUT2D eigenvalue weighted by atomic mass is 19.3. The van der Waals surface area contributed by atoms with Crippen LogP contribution < -0.4 is 4.74 Å². The largest absolute Gasteiger partial charge is 0.496 e. The monoisotopic (exact) mass is 230 g/mol. The van der Waals surface area contributed by atoms with Gasteiger partial charge in [-0.2, -0.15) is 8.78 Å². The zero-order chi connectivity index (χ0) is 12.5. The van der Waals surface area contributed by atoms with Crippen LogP contribution in [0.1, 0.15) is 22.3 Å². The van der Waals surface area contributed by atoms with Gasteiger partial charge in [0, 0.05) is 0 Å². The first-order valence-electron chi connectivity index (χ1n) is 4.99. The second kappa shape index (κ2) is 4.37. The number of ether oxygens (including phenoxy) is 1. The Bertz CT molecular complexity index is 400. The lowest BCUT2D eigenvalue weighted by molar-refractivity contribution is -0.0576. The van der Waals surface area contributed by atoms with Gasteiger partial charge >= 0.3 is 0 Å². The summed E-state index contributed by atoms with van der Waals surface area (Å²) in [4.78, 5) is 0. The standard InChI is InChI=1S/C12H16F2O2/c1-7-5-8(2)10(12(13,14)6-15)11(16-4)9(7)3/h5,15H,6H2,1-4H3. The molecule has 0 heterocycles. The predicted molar refractivity (Wildman–Crippen MR) is 58.2 cm³/mol. The molecule has 4 heteroatoms. The van der Waals surface area contributed by atoms with Gasteiger partial charge in [-0.05, 0) is 37.5 Å². The van der Waals surface area contributed by atoms with Gasteiger partial charge in [-0.25, -0.2) is 0 Å². The van der Waals surface area contributed by atoms with Crippen LogP contribution in [0, 0.1) is 20.8 Å². The SMILES string of the molecule is COc1c(C)c(C)cc(C)c1C(F)(F)CO. The first-order chi connectivity index (χ1) is 7.35. The van der Waals surface area contributed by atoms with Crippen molar-refractivity contribution in [1.82, 2.24) is 0 Å². The highest BCUT2D eigenvalue weighted by Gasteiger charge is 2.36. The van der Waals surface area contributed by atoms with Gasteiger partial charge in [-0.1, -0.05) is 6.07 Å². The number of aliphatic hydroxyl groups excluding tert-OH is 1. The molecule has 1 aromatic carbocycles. The number of methoxy groups -OCH3 is 1. The van der Waals surface area contributed by atoms with E-state index in [1.54, 1.807) is 19.9 Å². The fraction of sp³-hybridized carbons (Fsp3) is 0.500. The molecule has 0 amide bonds. The summed E-state index contributed by atoms with van der Waals surface area (Å²) in [6.45, 7) is 3.94. The molecule has 0 unspecified atom stereocenters. The summed E-state index contributed by atoms with van der Waals surface area (Å²) >= 11 is 0. The van der Waals surface area contributed by atoms with Gasteiger partial charge in [0.1, 0.15) is 12.4 Å². The minimum Gasteiger partial charge on any atom is -0.496 e. The summed E-state index contributed by atoms with van der Waals surface area (Å²) in [6.07, 6.45) is 0. The van der Waals surface area contributed by atoms with Crippen molar-refractivity contribution in [3.8, 4) is 5.75 Å². The molecule has 0 aliphatic rings. The summed E-state index contributed by atoms with van der Waals surface area (Å²) < 4.78 is 32.2. The molecular formula is C12H16F2O2. The van der Waals surface area contributed by atoms with Gasteiger partial charge in [0.05, 0.1) is 12.7 Å². The van der Waals surface area contributed by atoms with E-state index in [0.29, 0.717) is 11.1 Å². The lowest BCUT2D eigenvalue weighted by Gasteiger charge is -2.22. The quantitative estimate of drug-likeness (QED) is 0.865. The van der Waals surface area contributed by atoms with Gasteiger partial charge in [-0.15, -0.1) is 0 Å². The lowest BCUT2D eigenvalue weighted by Crippen LogP contribution is -2.21. The van der Waals surface area contributed by atoms with E-state index in [2.05, 4.69) is 0 Å². The molecule has 2 nitrogen and oxygen atoms in total. The summed E-state index contributed by atoms with van der Waals surface area (Å²) in [5, 5.41) is 8.75. The van der Waals surface area contributed by atoms with Crippen molar-refractivity contribution in [3.05, 3.63) is 28.3 Å². The van der Waals surface area contributed by atoms with E-state index in [1.165, 1.54) is 7.11 Å². The second-order valence-corrected chi connectivity index (χ2v) is 3.91. The van der Waals surface area contributed by atoms with Crippen molar-refractivity contribution in [2.24, 2.45) is 0 Å². The Hall–Kier alpha value is -1.16. The number of alkyl halides is 2. The van der Waals surface area contributed by atoms with Gasteiger partial charge < -0.3 is 9.84 Å². The Kier molecular flexibility index (Phi) is 3.53. The molecule has 0 atom stereocenters. The molecule has 0 saturated heterocycles. The third kappa shape index (κ3) is 2.02. The van der Waals surface area contributed by atoms with Crippen LogP contribution in [0.3, 0.4) is 0 Å². The minimum absolute atomic E-state index is 0.163. The summed E-state index contributed by atoms with van der Waals surface area (Å²) in [5.74, 6) is -3.11. The molecule has 0 saturated carbocycles. The highest BCUT2D eigenvalue weighted by molar-refractivity contribution is 5.51. The van der Waals surface area contributed by atoms with Crippen molar-refractivity contribution in [1.29, 1.82) is 0 Å². The van der Waals surface area contributed by atoms with Gasteiger partial charge in [0.2, 0.25) is 0 Å². The Labute approximate surface area is 93.9 Å². The van der Waals surface area contributed by atoms with Crippen molar-refractivity contribution in [2.75, 3.05) is 13.7 Å². The normalized spacial score (nSPS) is 11.7. The summed E-state index contributed by atoms with van der Waals surface area (Å²) in [5.41, 5.74) is 1.78. The maximum atomic E-state index is 13.6. The maximum absolute atomic E-state index is 13.6. The second-order valence-electron chi connectivity index (χ2n) is 3.91. The average molecular weight is 230 g/mol. The molecule has 0 aromatic heterocycles. The van der Waals surface area contributed by atoms with Crippen molar-refractivity contribution >= 4 is 0 Å². The Balaban J connectivity index is 3.55. The molecule has 16 heavy (non-hydrogen) atoms. The van der Waals surface area contributed by atoms with E-state index in [4.69, 9.17) is 9.84 Å². The third-order valence-corrected chi connectivity index (χ3v) is 2.75. The number of hydrogen-bond donors (Lipinski definition) is 1. The molecule has 0 aliphatic heterocycles. The number of rotatable bonds is 3. The lowest BCUT2D eigenvalue weighted by atomic mass is 9.95. The fourth-order valence-corrected chi connectivity index (χ4v) is 1.84.